The lowest BCUT2D eigenvalue weighted by molar-refractivity contribution is 0.0649. The number of halogens is 1. The second-order valence-corrected chi connectivity index (χ2v) is 5.43. The number of amides is 1. The largest absolute Gasteiger partial charge is 0.507 e. The third-order valence-corrected chi connectivity index (χ3v) is 4.13. The van der Waals surface area contributed by atoms with Crippen LogP contribution in [0.5, 0.6) is 5.75 Å². The molecular weight excluding hydrogens is 261 g/mol. The molecule has 0 saturated heterocycles. The molecule has 110 valence electrons. The van der Waals surface area contributed by atoms with Gasteiger partial charge >= 0.3 is 0 Å². The molecule has 1 fully saturated rings. The van der Waals surface area contributed by atoms with E-state index in [0.717, 1.165) is 37.8 Å². The quantitative estimate of drug-likeness (QED) is 0.892. The van der Waals surface area contributed by atoms with Gasteiger partial charge < -0.3 is 15.1 Å². The molecule has 1 aliphatic rings. The molecule has 20 heavy (non-hydrogen) atoms. The molecule has 1 aromatic carbocycles. The van der Waals surface area contributed by atoms with E-state index in [9.17, 15) is 14.3 Å². The summed E-state index contributed by atoms with van der Waals surface area (Å²) in [6, 6.07) is 3.46. The van der Waals surface area contributed by atoms with E-state index in [2.05, 4.69) is 0 Å². The lowest BCUT2D eigenvalue weighted by Crippen LogP contribution is -2.39. The van der Waals surface area contributed by atoms with E-state index in [-0.39, 0.29) is 29.9 Å². The van der Waals surface area contributed by atoms with Gasteiger partial charge in [-0.25, -0.2) is 4.39 Å². The van der Waals surface area contributed by atoms with Crippen molar-refractivity contribution < 1.29 is 19.4 Å². The zero-order valence-corrected chi connectivity index (χ0v) is 11.6. The zero-order chi connectivity index (χ0) is 14.7. The Morgan fingerprint density at radius 2 is 2.00 bits per heavy atom. The molecule has 0 radical (unpaired) electrons. The van der Waals surface area contributed by atoms with Gasteiger partial charge in [0.15, 0.2) is 0 Å². The van der Waals surface area contributed by atoms with Crippen LogP contribution in [0.2, 0.25) is 0 Å². The maximum absolute atomic E-state index is 13.2. The highest BCUT2D eigenvalue weighted by molar-refractivity contribution is 5.96. The molecule has 2 N–H and O–H groups in total. The predicted molar refractivity (Wildman–Crippen MR) is 73.0 cm³/mol. The Morgan fingerprint density at radius 3 is 2.60 bits per heavy atom. The van der Waals surface area contributed by atoms with Gasteiger partial charge in [-0.2, -0.15) is 0 Å². The van der Waals surface area contributed by atoms with Crippen LogP contribution in [-0.4, -0.2) is 40.7 Å². The lowest BCUT2D eigenvalue weighted by atomic mass is 9.86. The molecule has 0 spiro atoms. The first-order chi connectivity index (χ1) is 9.52. The number of rotatable bonds is 3. The van der Waals surface area contributed by atoms with Crippen molar-refractivity contribution in [3.63, 3.8) is 0 Å². The van der Waals surface area contributed by atoms with Crippen LogP contribution in [0, 0.1) is 11.7 Å². The SMILES string of the molecule is CN(C(=O)c1cc(F)ccc1O)C1CCC(CO)CC1. The van der Waals surface area contributed by atoms with Crippen LogP contribution < -0.4 is 0 Å². The highest BCUT2D eigenvalue weighted by atomic mass is 19.1. The molecule has 1 saturated carbocycles. The summed E-state index contributed by atoms with van der Waals surface area (Å²) in [5.41, 5.74) is -0.00298. The third kappa shape index (κ3) is 3.10. The first-order valence-electron chi connectivity index (χ1n) is 6.89. The minimum Gasteiger partial charge on any atom is -0.507 e. The van der Waals surface area contributed by atoms with Crippen molar-refractivity contribution in [2.45, 2.75) is 31.7 Å². The number of carbonyl (C=O) groups excluding carboxylic acids is 1. The summed E-state index contributed by atoms with van der Waals surface area (Å²) in [5.74, 6) is -0.789. The Hall–Kier alpha value is -1.62. The van der Waals surface area contributed by atoms with Crippen molar-refractivity contribution in [3.05, 3.63) is 29.6 Å². The molecule has 1 amide bonds. The Balaban J connectivity index is 2.07. The van der Waals surface area contributed by atoms with Gasteiger partial charge in [0.25, 0.3) is 5.91 Å². The lowest BCUT2D eigenvalue weighted by Gasteiger charge is -2.34. The number of phenolic OH excluding ortho intramolecular Hbond substituents is 1. The highest BCUT2D eigenvalue weighted by Gasteiger charge is 2.27. The number of aromatic hydroxyl groups is 1. The van der Waals surface area contributed by atoms with Crippen LogP contribution in [0.15, 0.2) is 18.2 Å². The summed E-state index contributed by atoms with van der Waals surface area (Å²) < 4.78 is 13.2. The van der Waals surface area contributed by atoms with Gasteiger partial charge in [0.05, 0.1) is 5.56 Å². The number of hydrogen-bond acceptors (Lipinski definition) is 3. The normalized spacial score (nSPS) is 22.6. The van der Waals surface area contributed by atoms with E-state index >= 15 is 0 Å². The van der Waals surface area contributed by atoms with Gasteiger partial charge in [-0.1, -0.05) is 0 Å². The monoisotopic (exact) mass is 281 g/mol. The van der Waals surface area contributed by atoms with Crippen LogP contribution in [-0.2, 0) is 0 Å². The number of aliphatic hydroxyl groups is 1. The molecule has 4 nitrogen and oxygen atoms in total. The topological polar surface area (TPSA) is 60.8 Å². The predicted octanol–water partition coefficient (Wildman–Crippen LogP) is 2.15. The fourth-order valence-electron chi connectivity index (χ4n) is 2.75. The highest BCUT2D eigenvalue weighted by Crippen LogP contribution is 2.28. The fourth-order valence-corrected chi connectivity index (χ4v) is 2.75. The van der Waals surface area contributed by atoms with Gasteiger partial charge in [-0.05, 0) is 49.8 Å². The van der Waals surface area contributed by atoms with E-state index < -0.39 is 5.82 Å². The average Bonchev–Trinajstić information content (AvgIpc) is 2.48. The summed E-state index contributed by atoms with van der Waals surface area (Å²) in [4.78, 5) is 13.9. The van der Waals surface area contributed by atoms with Gasteiger partial charge in [0.2, 0.25) is 0 Å². The smallest absolute Gasteiger partial charge is 0.257 e. The molecule has 0 aliphatic heterocycles. The van der Waals surface area contributed by atoms with Crippen LogP contribution in [0.1, 0.15) is 36.0 Å². The zero-order valence-electron chi connectivity index (χ0n) is 11.6. The van der Waals surface area contributed by atoms with Crippen molar-refractivity contribution in [2.75, 3.05) is 13.7 Å². The van der Waals surface area contributed by atoms with Crippen molar-refractivity contribution in [1.29, 1.82) is 0 Å². The van der Waals surface area contributed by atoms with Crippen molar-refractivity contribution in [1.82, 2.24) is 4.90 Å². The van der Waals surface area contributed by atoms with Gasteiger partial charge in [-0.15, -0.1) is 0 Å². The number of phenols is 1. The Kier molecular flexibility index (Phi) is 4.60. The molecule has 0 aromatic heterocycles. The van der Waals surface area contributed by atoms with Crippen molar-refractivity contribution in [3.8, 4) is 5.75 Å². The second-order valence-electron chi connectivity index (χ2n) is 5.43. The number of hydrogen-bond donors (Lipinski definition) is 2. The van der Waals surface area contributed by atoms with E-state index in [1.165, 1.54) is 6.07 Å². The molecule has 0 heterocycles. The third-order valence-electron chi connectivity index (χ3n) is 4.13. The van der Waals surface area contributed by atoms with E-state index in [4.69, 9.17) is 5.11 Å². The molecule has 1 aromatic rings. The van der Waals surface area contributed by atoms with Gasteiger partial charge in [0.1, 0.15) is 11.6 Å². The van der Waals surface area contributed by atoms with E-state index in [0.29, 0.717) is 5.92 Å². The minimum atomic E-state index is -0.538. The standard InChI is InChI=1S/C15H20FNO3/c1-17(12-5-2-10(9-18)3-6-12)15(20)13-8-11(16)4-7-14(13)19/h4,7-8,10,12,18-19H,2-3,5-6,9H2,1H3. The summed E-state index contributed by atoms with van der Waals surface area (Å²) in [7, 11) is 1.68. The van der Waals surface area contributed by atoms with Crippen molar-refractivity contribution >= 4 is 5.91 Å². The van der Waals surface area contributed by atoms with Crippen LogP contribution in [0.4, 0.5) is 4.39 Å². The maximum Gasteiger partial charge on any atom is 0.257 e. The molecule has 5 heteroatoms. The molecule has 0 bridgehead atoms. The van der Waals surface area contributed by atoms with Crippen molar-refractivity contribution in [2.24, 2.45) is 5.92 Å². The van der Waals surface area contributed by atoms with Gasteiger partial charge in [0, 0.05) is 19.7 Å². The Bertz CT molecular complexity index is 484. The average molecular weight is 281 g/mol. The minimum absolute atomic E-state index is 0.00298. The molecule has 0 atom stereocenters. The second kappa shape index (κ2) is 6.22. The maximum atomic E-state index is 13.2. The molecule has 0 unspecified atom stereocenters. The van der Waals surface area contributed by atoms with Gasteiger partial charge in [-0.3, -0.25) is 4.79 Å². The summed E-state index contributed by atoms with van der Waals surface area (Å²) in [5, 5.41) is 18.8. The number of aliphatic hydroxyl groups excluding tert-OH is 1. The van der Waals surface area contributed by atoms with E-state index in [1.807, 2.05) is 0 Å². The molecular formula is C15H20FNO3. The molecule has 2 rings (SSSR count). The number of nitrogens with zero attached hydrogens (tertiary/aromatic N) is 1. The fraction of sp³-hybridized carbons (Fsp3) is 0.533. The number of carbonyl (C=O) groups is 1. The van der Waals surface area contributed by atoms with E-state index in [1.54, 1.807) is 11.9 Å². The summed E-state index contributed by atoms with van der Waals surface area (Å²) >= 11 is 0. The Labute approximate surface area is 117 Å². The first kappa shape index (κ1) is 14.8. The summed E-state index contributed by atoms with van der Waals surface area (Å²) in [6.07, 6.45) is 3.41. The van der Waals surface area contributed by atoms with Crippen LogP contribution in [0.25, 0.3) is 0 Å². The Morgan fingerprint density at radius 1 is 1.35 bits per heavy atom. The number of benzene rings is 1. The van der Waals surface area contributed by atoms with Crippen LogP contribution in [0.3, 0.4) is 0 Å². The summed E-state index contributed by atoms with van der Waals surface area (Å²) in [6.45, 7) is 0.190. The van der Waals surface area contributed by atoms with Crippen LogP contribution >= 0.6 is 0 Å². The first-order valence-corrected chi connectivity index (χ1v) is 6.89. The molecule has 1 aliphatic carbocycles.